The molecule has 1 N–H and O–H groups in total. The second-order valence-corrected chi connectivity index (χ2v) is 12.0. The van der Waals surface area contributed by atoms with Crippen molar-refractivity contribution in [1.29, 1.82) is 0 Å². The number of hydrogen-bond donors (Lipinski definition) is 1. The van der Waals surface area contributed by atoms with E-state index in [0.717, 1.165) is 44.1 Å². The van der Waals surface area contributed by atoms with Crippen LogP contribution in [0.1, 0.15) is 83.1 Å². The zero-order chi connectivity index (χ0) is 22.5. The third-order valence-electron chi connectivity index (χ3n) is 10.8. The highest BCUT2D eigenvalue weighted by molar-refractivity contribution is 5.65. The quantitative estimate of drug-likeness (QED) is 0.724. The number of carbonyl (C=O) groups excluding carboxylic acids is 1. The average Bonchev–Trinajstić information content (AvgIpc) is 3.39. The van der Waals surface area contributed by atoms with Crippen molar-refractivity contribution >= 4 is 5.97 Å². The van der Waals surface area contributed by atoms with E-state index in [1.54, 1.807) is 6.26 Å². The molecule has 1 aromatic heterocycles. The molecule has 174 valence electrons. The van der Waals surface area contributed by atoms with Crippen LogP contribution in [0.5, 0.6) is 0 Å². The molecule has 6 heteroatoms. The molecule has 6 nitrogen and oxygen atoms in total. The van der Waals surface area contributed by atoms with Crippen LogP contribution in [0.3, 0.4) is 0 Å². The molecule has 4 aliphatic carbocycles. The van der Waals surface area contributed by atoms with Crippen LogP contribution < -0.4 is 10.7 Å². The summed E-state index contributed by atoms with van der Waals surface area (Å²) in [5.41, 5.74) is -0.253. The lowest BCUT2D eigenvalue weighted by Crippen LogP contribution is -2.59. The molecular formula is C26H33O6-. The van der Waals surface area contributed by atoms with E-state index < -0.39 is 11.6 Å². The van der Waals surface area contributed by atoms with Gasteiger partial charge in [0.15, 0.2) is 0 Å². The van der Waals surface area contributed by atoms with Crippen LogP contribution in [0.15, 0.2) is 27.6 Å². The molecule has 0 radical (unpaired) electrons. The van der Waals surface area contributed by atoms with Crippen LogP contribution >= 0.6 is 0 Å². The van der Waals surface area contributed by atoms with E-state index in [9.17, 15) is 19.8 Å². The van der Waals surface area contributed by atoms with E-state index in [0.29, 0.717) is 36.5 Å². The van der Waals surface area contributed by atoms with E-state index in [-0.39, 0.29) is 34.6 Å². The maximum absolute atomic E-state index is 11.5. The molecule has 9 atom stereocenters. The summed E-state index contributed by atoms with van der Waals surface area (Å²) in [6, 6.07) is 3.47. The first kappa shape index (κ1) is 20.9. The Morgan fingerprint density at radius 1 is 1.16 bits per heavy atom. The summed E-state index contributed by atoms with van der Waals surface area (Å²) in [5.74, 6) is 0.580. The van der Waals surface area contributed by atoms with Gasteiger partial charge in [-0.05, 0) is 92.1 Å². The van der Waals surface area contributed by atoms with E-state index in [1.165, 1.54) is 6.07 Å². The number of carbonyl (C=O) groups is 1. The number of carboxylic acid groups (broad SMARTS) is 1. The second-order valence-electron chi connectivity index (χ2n) is 12.0. The maximum Gasteiger partial charge on any atom is 0.335 e. The zero-order valence-electron chi connectivity index (χ0n) is 19.0. The van der Waals surface area contributed by atoms with Gasteiger partial charge >= 0.3 is 5.63 Å². The molecule has 0 unspecified atom stereocenters. The van der Waals surface area contributed by atoms with E-state index in [4.69, 9.17) is 9.15 Å². The minimum Gasteiger partial charge on any atom is -0.550 e. The molecule has 1 aromatic rings. The number of aliphatic hydroxyl groups is 1. The highest BCUT2D eigenvalue weighted by atomic mass is 16.6. The molecule has 4 saturated carbocycles. The molecule has 0 aromatic carbocycles. The van der Waals surface area contributed by atoms with Crippen molar-refractivity contribution in [2.24, 2.45) is 28.6 Å². The van der Waals surface area contributed by atoms with Gasteiger partial charge in [0.05, 0.1) is 18.0 Å². The Kier molecular flexibility index (Phi) is 4.23. The fraction of sp³-hybridized carbons (Fsp3) is 0.769. The van der Waals surface area contributed by atoms with Crippen molar-refractivity contribution in [3.63, 3.8) is 0 Å². The van der Waals surface area contributed by atoms with Gasteiger partial charge in [0.1, 0.15) is 5.60 Å². The molecular weight excluding hydrogens is 408 g/mol. The first-order valence-electron chi connectivity index (χ1n) is 12.3. The van der Waals surface area contributed by atoms with Crippen molar-refractivity contribution in [2.45, 2.75) is 94.9 Å². The highest BCUT2D eigenvalue weighted by Crippen LogP contribution is 2.78. The summed E-state index contributed by atoms with van der Waals surface area (Å²) in [4.78, 5) is 22.7. The molecule has 6 rings (SSSR count). The summed E-state index contributed by atoms with van der Waals surface area (Å²) < 4.78 is 11.8. The minimum atomic E-state index is -1.15. The number of aliphatic carboxylic acids is 1. The predicted molar refractivity (Wildman–Crippen MR) is 114 cm³/mol. The summed E-state index contributed by atoms with van der Waals surface area (Å²) in [6.45, 7) is 4.78. The summed E-state index contributed by atoms with van der Waals surface area (Å²) in [6.07, 6.45) is 8.95. The number of epoxide rings is 1. The molecule has 5 fully saturated rings. The first-order chi connectivity index (χ1) is 15.1. The lowest BCUT2D eigenvalue weighted by Gasteiger charge is -2.62. The number of fused-ring (bicyclic) bond motifs is 3. The number of rotatable bonds is 3. The van der Waals surface area contributed by atoms with Crippen LogP contribution in [-0.2, 0) is 9.53 Å². The number of hydrogen-bond acceptors (Lipinski definition) is 6. The van der Waals surface area contributed by atoms with Gasteiger partial charge in [0.25, 0.3) is 0 Å². The minimum absolute atomic E-state index is 0.0341. The van der Waals surface area contributed by atoms with Crippen LogP contribution in [0, 0.1) is 28.6 Å². The highest BCUT2D eigenvalue weighted by Gasteiger charge is 2.80. The monoisotopic (exact) mass is 441 g/mol. The van der Waals surface area contributed by atoms with E-state index in [1.807, 2.05) is 6.07 Å². The normalized spacial score (nSPS) is 51.2. The first-order valence-corrected chi connectivity index (χ1v) is 12.3. The maximum atomic E-state index is 11.5. The molecule has 0 bridgehead atoms. The van der Waals surface area contributed by atoms with Gasteiger partial charge in [0.2, 0.25) is 0 Å². The lowest BCUT2D eigenvalue weighted by atomic mass is 9.43. The van der Waals surface area contributed by atoms with Crippen LogP contribution in [0.25, 0.3) is 0 Å². The SMILES string of the molecule is C[C@]12CC[C@@](O)(CC(=O)[O-])C[C@H]1CC[C@@H]1[C@@H]2CC[C@]2(C)[C@@H](c3ccc(=O)oc3)C[C@H]3O[C@]132. The number of carboxylic acids is 1. The van der Waals surface area contributed by atoms with Gasteiger partial charge in [-0.2, -0.15) is 0 Å². The Labute approximate surface area is 188 Å². The van der Waals surface area contributed by atoms with Gasteiger partial charge in [-0.1, -0.05) is 13.8 Å². The lowest BCUT2D eigenvalue weighted by molar-refractivity contribution is -0.310. The Balaban J connectivity index is 1.29. The van der Waals surface area contributed by atoms with E-state index >= 15 is 0 Å². The van der Waals surface area contributed by atoms with Crippen molar-refractivity contribution in [2.75, 3.05) is 0 Å². The summed E-state index contributed by atoms with van der Waals surface area (Å²) in [7, 11) is 0. The van der Waals surface area contributed by atoms with Gasteiger partial charge in [-0.25, -0.2) is 4.79 Å². The molecule has 0 amide bonds. The van der Waals surface area contributed by atoms with E-state index in [2.05, 4.69) is 13.8 Å². The fourth-order valence-corrected chi connectivity index (χ4v) is 9.25. The van der Waals surface area contributed by atoms with Crippen molar-refractivity contribution in [1.82, 2.24) is 0 Å². The third kappa shape index (κ3) is 2.60. The van der Waals surface area contributed by atoms with Gasteiger partial charge in [-0.3, -0.25) is 0 Å². The van der Waals surface area contributed by atoms with Gasteiger partial charge in [0, 0.05) is 23.9 Å². The van der Waals surface area contributed by atoms with Crippen molar-refractivity contribution in [3.05, 3.63) is 34.4 Å². The van der Waals surface area contributed by atoms with Crippen LogP contribution in [0.2, 0.25) is 0 Å². The standard InChI is InChI=1S/C26H34O6/c1-23-9-10-25(30,13-21(27)28)12-16(23)4-5-18-17(23)7-8-24(2)19(11-20-26(18,24)32-20)15-3-6-22(29)31-14-15/h3,6,14,16-20,30H,4-5,7-13H2,1-2H3,(H,27,28)/p-1/t16-,17+,18-,19-,20-,23+,24-,25+,26-/m1/s1. The molecule has 5 aliphatic rings. The second kappa shape index (κ2) is 6.47. The van der Waals surface area contributed by atoms with Crippen molar-refractivity contribution in [3.8, 4) is 0 Å². The predicted octanol–water partition coefficient (Wildman–Crippen LogP) is 2.77. The molecule has 1 saturated heterocycles. The topological polar surface area (TPSA) is 103 Å². The largest absolute Gasteiger partial charge is 0.550 e. The smallest absolute Gasteiger partial charge is 0.335 e. The molecule has 32 heavy (non-hydrogen) atoms. The summed E-state index contributed by atoms with van der Waals surface area (Å²) >= 11 is 0. The Hall–Kier alpha value is -1.66. The Bertz CT molecular complexity index is 997. The third-order valence-corrected chi connectivity index (χ3v) is 10.8. The van der Waals surface area contributed by atoms with Gasteiger partial charge < -0.3 is 24.2 Å². The summed E-state index contributed by atoms with van der Waals surface area (Å²) in [5, 5.41) is 22.1. The number of ether oxygens (including phenoxy) is 1. The van der Waals surface area contributed by atoms with Gasteiger partial charge in [-0.15, -0.1) is 0 Å². The average molecular weight is 442 g/mol. The van der Waals surface area contributed by atoms with Crippen LogP contribution in [0.4, 0.5) is 0 Å². The van der Waals surface area contributed by atoms with Crippen molar-refractivity contribution < 1.29 is 24.2 Å². The molecule has 1 spiro atoms. The fourth-order valence-electron chi connectivity index (χ4n) is 9.25. The zero-order valence-corrected chi connectivity index (χ0v) is 19.0. The molecule has 1 aliphatic heterocycles. The Morgan fingerprint density at radius 2 is 1.97 bits per heavy atom. The Morgan fingerprint density at radius 3 is 2.69 bits per heavy atom. The molecule has 2 heterocycles. The van der Waals surface area contributed by atoms with Crippen LogP contribution in [-0.4, -0.2) is 28.4 Å².